The van der Waals surface area contributed by atoms with Crippen molar-refractivity contribution < 1.29 is 4.92 Å². The number of rotatable bonds is 3. The summed E-state index contributed by atoms with van der Waals surface area (Å²) in [6.07, 6.45) is 3.43. The van der Waals surface area contributed by atoms with E-state index in [2.05, 4.69) is 29.1 Å². The molecule has 1 N–H and O–H groups in total. The molecule has 0 spiro atoms. The van der Waals surface area contributed by atoms with E-state index in [0.29, 0.717) is 11.7 Å². The Kier molecular flexibility index (Phi) is 3.82. The molecule has 19 heavy (non-hydrogen) atoms. The lowest BCUT2D eigenvalue weighted by Gasteiger charge is -2.36. The minimum Gasteiger partial charge on any atom is -0.367 e. The summed E-state index contributed by atoms with van der Waals surface area (Å²) in [6, 6.07) is 0.252. The van der Waals surface area contributed by atoms with Gasteiger partial charge in [0, 0.05) is 19.6 Å². The summed E-state index contributed by atoms with van der Waals surface area (Å²) in [5.74, 6) is 1.33. The van der Waals surface area contributed by atoms with E-state index >= 15 is 0 Å². The normalized spacial score (nSPS) is 23.2. The molecule has 2 atom stereocenters. The molecule has 0 bridgehead atoms. The number of anilines is 2. The van der Waals surface area contributed by atoms with Gasteiger partial charge in [0.1, 0.15) is 6.33 Å². The summed E-state index contributed by atoms with van der Waals surface area (Å²) in [6.45, 7) is 5.09. The van der Waals surface area contributed by atoms with Gasteiger partial charge < -0.3 is 10.2 Å². The first-order valence-electron chi connectivity index (χ1n) is 6.48. The molecule has 1 aromatic heterocycles. The molecule has 1 aliphatic rings. The van der Waals surface area contributed by atoms with Gasteiger partial charge in [-0.3, -0.25) is 10.1 Å². The number of nitrogens with zero attached hydrogens (tertiary/aromatic N) is 4. The molecular formula is C12H19N5O2. The lowest BCUT2D eigenvalue weighted by atomic mass is 9.93. The Balaban J connectivity index is 2.41. The van der Waals surface area contributed by atoms with E-state index < -0.39 is 4.92 Å². The van der Waals surface area contributed by atoms with Crippen molar-refractivity contribution in [1.29, 1.82) is 0 Å². The van der Waals surface area contributed by atoms with Gasteiger partial charge in [-0.25, -0.2) is 9.97 Å². The second-order valence-electron chi connectivity index (χ2n) is 5.07. The zero-order valence-electron chi connectivity index (χ0n) is 11.5. The van der Waals surface area contributed by atoms with Crippen molar-refractivity contribution in [2.75, 3.05) is 23.8 Å². The number of hydrogen-bond acceptors (Lipinski definition) is 6. The van der Waals surface area contributed by atoms with Crippen LogP contribution in [0, 0.1) is 16.0 Å². The third-order valence-corrected chi connectivity index (χ3v) is 3.63. The molecule has 0 radical (unpaired) electrons. The van der Waals surface area contributed by atoms with E-state index in [1.165, 1.54) is 6.33 Å². The SMILES string of the molecule is CNc1ncnc(N2CCC(C)CC2C)c1[N+](=O)[O-]. The van der Waals surface area contributed by atoms with E-state index in [1.54, 1.807) is 7.05 Å². The van der Waals surface area contributed by atoms with E-state index in [1.807, 2.05) is 4.90 Å². The highest BCUT2D eigenvalue weighted by atomic mass is 16.6. The van der Waals surface area contributed by atoms with Crippen LogP contribution < -0.4 is 10.2 Å². The lowest BCUT2D eigenvalue weighted by molar-refractivity contribution is -0.383. The maximum absolute atomic E-state index is 11.3. The van der Waals surface area contributed by atoms with Crippen molar-refractivity contribution in [3.63, 3.8) is 0 Å². The van der Waals surface area contributed by atoms with Gasteiger partial charge in [0.25, 0.3) is 0 Å². The number of hydrogen-bond donors (Lipinski definition) is 1. The Bertz CT molecular complexity index is 479. The predicted molar refractivity (Wildman–Crippen MR) is 73.4 cm³/mol. The zero-order valence-corrected chi connectivity index (χ0v) is 11.5. The van der Waals surface area contributed by atoms with Gasteiger partial charge in [0.05, 0.1) is 4.92 Å². The molecule has 0 saturated carbocycles. The molecule has 1 aromatic rings. The Hall–Kier alpha value is -1.92. The van der Waals surface area contributed by atoms with Crippen LogP contribution >= 0.6 is 0 Å². The highest BCUT2D eigenvalue weighted by molar-refractivity contribution is 5.70. The molecule has 2 unspecified atom stereocenters. The molecule has 104 valence electrons. The maximum Gasteiger partial charge on any atom is 0.353 e. The van der Waals surface area contributed by atoms with E-state index in [-0.39, 0.29) is 17.5 Å². The predicted octanol–water partition coefficient (Wildman–Crippen LogP) is 2.05. The Labute approximate surface area is 112 Å². The van der Waals surface area contributed by atoms with E-state index in [0.717, 1.165) is 19.4 Å². The average molecular weight is 265 g/mol. The monoisotopic (exact) mass is 265 g/mol. The first-order valence-corrected chi connectivity index (χ1v) is 6.48. The highest BCUT2D eigenvalue weighted by Gasteiger charge is 2.31. The standard InChI is InChI=1S/C12H19N5O2/c1-8-4-5-16(9(2)6-8)12-10(17(18)19)11(13-3)14-7-15-12/h7-9H,4-6H2,1-3H3,(H,13,14,15). The molecule has 0 aromatic carbocycles. The van der Waals surface area contributed by atoms with Crippen LogP contribution in [0.2, 0.25) is 0 Å². The summed E-state index contributed by atoms with van der Waals surface area (Å²) < 4.78 is 0. The van der Waals surface area contributed by atoms with Crippen molar-refractivity contribution in [2.45, 2.75) is 32.7 Å². The van der Waals surface area contributed by atoms with Gasteiger partial charge in [-0.15, -0.1) is 0 Å². The fourth-order valence-electron chi connectivity index (χ4n) is 2.65. The Morgan fingerprint density at radius 2 is 2.21 bits per heavy atom. The van der Waals surface area contributed by atoms with Gasteiger partial charge in [0.2, 0.25) is 11.6 Å². The Morgan fingerprint density at radius 1 is 1.47 bits per heavy atom. The third-order valence-electron chi connectivity index (χ3n) is 3.63. The molecule has 1 saturated heterocycles. The molecule has 2 rings (SSSR count). The number of nitrogens with one attached hydrogen (secondary N) is 1. The summed E-state index contributed by atoms with van der Waals surface area (Å²) in [4.78, 5) is 20.9. The van der Waals surface area contributed by atoms with Crippen molar-refractivity contribution in [3.05, 3.63) is 16.4 Å². The van der Waals surface area contributed by atoms with Gasteiger partial charge in [-0.05, 0) is 25.7 Å². The van der Waals surface area contributed by atoms with Crippen LogP contribution in [-0.2, 0) is 0 Å². The van der Waals surface area contributed by atoms with Crippen LogP contribution in [-0.4, -0.2) is 34.5 Å². The van der Waals surface area contributed by atoms with Crippen LogP contribution in [0.15, 0.2) is 6.33 Å². The van der Waals surface area contributed by atoms with E-state index in [9.17, 15) is 10.1 Å². The topological polar surface area (TPSA) is 84.2 Å². The van der Waals surface area contributed by atoms with Crippen LogP contribution in [0.5, 0.6) is 0 Å². The fraction of sp³-hybridized carbons (Fsp3) is 0.667. The molecule has 1 aliphatic heterocycles. The molecule has 0 amide bonds. The van der Waals surface area contributed by atoms with Crippen molar-refractivity contribution >= 4 is 17.3 Å². The van der Waals surface area contributed by atoms with Crippen molar-refractivity contribution in [3.8, 4) is 0 Å². The number of nitro groups is 1. The second-order valence-corrected chi connectivity index (χ2v) is 5.07. The highest BCUT2D eigenvalue weighted by Crippen LogP contribution is 2.35. The zero-order chi connectivity index (χ0) is 14.0. The largest absolute Gasteiger partial charge is 0.367 e. The quantitative estimate of drug-likeness (QED) is 0.665. The molecular weight excluding hydrogens is 246 g/mol. The van der Waals surface area contributed by atoms with Crippen LogP contribution in [0.25, 0.3) is 0 Å². The third kappa shape index (κ3) is 2.59. The van der Waals surface area contributed by atoms with Gasteiger partial charge >= 0.3 is 5.69 Å². The van der Waals surface area contributed by atoms with E-state index in [4.69, 9.17) is 0 Å². The smallest absolute Gasteiger partial charge is 0.353 e. The van der Waals surface area contributed by atoms with Crippen molar-refractivity contribution in [1.82, 2.24) is 9.97 Å². The lowest BCUT2D eigenvalue weighted by Crippen LogP contribution is -2.41. The average Bonchev–Trinajstić information content (AvgIpc) is 2.37. The van der Waals surface area contributed by atoms with Gasteiger partial charge in [-0.2, -0.15) is 0 Å². The van der Waals surface area contributed by atoms with Crippen molar-refractivity contribution in [2.24, 2.45) is 5.92 Å². The fourth-order valence-corrected chi connectivity index (χ4v) is 2.65. The summed E-state index contributed by atoms with van der Waals surface area (Å²) in [5.41, 5.74) is -0.0357. The summed E-state index contributed by atoms with van der Waals surface area (Å²) in [5, 5.41) is 14.0. The van der Waals surface area contributed by atoms with Crippen LogP contribution in [0.3, 0.4) is 0 Å². The Morgan fingerprint density at radius 3 is 2.79 bits per heavy atom. The van der Waals surface area contributed by atoms with Gasteiger partial charge in [0.15, 0.2) is 0 Å². The van der Waals surface area contributed by atoms with Gasteiger partial charge in [-0.1, -0.05) is 6.92 Å². The molecule has 0 aliphatic carbocycles. The number of aromatic nitrogens is 2. The molecule has 7 nitrogen and oxygen atoms in total. The molecule has 2 heterocycles. The minimum atomic E-state index is -0.411. The maximum atomic E-state index is 11.3. The van der Waals surface area contributed by atoms with Crippen LogP contribution in [0.1, 0.15) is 26.7 Å². The summed E-state index contributed by atoms with van der Waals surface area (Å²) in [7, 11) is 1.63. The first kappa shape index (κ1) is 13.5. The molecule has 1 fully saturated rings. The van der Waals surface area contributed by atoms with Crippen LogP contribution in [0.4, 0.5) is 17.3 Å². The molecule has 7 heteroatoms. The second kappa shape index (κ2) is 5.38. The summed E-state index contributed by atoms with van der Waals surface area (Å²) >= 11 is 0. The minimum absolute atomic E-state index is 0.0357. The number of piperidine rings is 1. The first-order chi connectivity index (χ1) is 9.04.